The molecule has 1 aliphatic heterocycles. The van der Waals surface area contributed by atoms with Crippen molar-refractivity contribution in [1.82, 2.24) is 15.5 Å². The first-order valence-corrected chi connectivity index (χ1v) is 9.78. The molecule has 0 atom stereocenters. The highest BCUT2D eigenvalue weighted by atomic mass is 16.5. The maximum absolute atomic E-state index is 5.39. The van der Waals surface area contributed by atoms with Crippen molar-refractivity contribution in [2.45, 2.75) is 39.2 Å². The summed E-state index contributed by atoms with van der Waals surface area (Å²) in [5, 5.41) is 6.81. The van der Waals surface area contributed by atoms with E-state index in [9.17, 15) is 0 Å². The van der Waals surface area contributed by atoms with Crippen LogP contribution in [0.1, 0.15) is 36.5 Å². The molecule has 1 aliphatic carbocycles. The maximum atomic E-state index is 5.39. The summed E-state index contributed by atoms with van der Waals surface area (Å²) in [7, 11) is 0. The number of nitrogens with zero attached hydrogens (tertiary/aromatic N) is 2. The van der Waals surface area contributed by atoms with Gasteiger partial charge in [-0.05, 0) is 55.8 Å². The molecule has 5 heteroatoms. The highest BCUT2D eigenvalue weighted by Gasteiger charge is 2.11. The van der Waals surface area contributed by atoms with Crippen molar-refractivity contribution < 1.29 is 4.74 Å². The summed E-state index contributed by atoms with van der Waals surface area (Å²) in [6.45, 7) is 9.69. The van der Waals surface area contributed by atoms with Gasteiger partial charge in [-0.1, -0.05) is 18.2 Å². The topological polar surface area (TPSA) is 48.9 Å². The highest BCUT2D eigenvalue weighted by molar-refractivity contribution is 5.79. The Bertz CT molecular complexity index is 567. The van der Waals surface area contributed by atoms with E-state index in [4.69, 9.17) is 9.73 Å². The van der Waals surface area contributed by atoms with Gasteiger partial charge in [-0.25, -0.2) is 4.99 Å². The van der Waals surface area contributed by atoms with Crippen LogP contribution in [-0.4, -0.2) is 56.8 Å². The third kappa shape index (κ3) is 5.72. The van der Waals surface area contributed by atoms with Gasteiger partial charge in [0.1, 0.15) is 0 Å². The van der Waals surface area contributed by atoms with E-state index in [0.29, 0.717) is 0 Å². The second-order valence-electron chi connectivity index (χ2n) is 6.89. The molecule has 0 unspecified atom stereocenters. The van der Waals surface area contributed by atoms with Crippen LogP contribution in [0.4, 0.5) is 0 Å². The first-order chi connectivity index (χ1) is 12.3. The quantitative estimate of drug-likeness (QED) is 0.451. The Labute approximate surface area is 151 Å². The standard InChI is InChI=1S/C20H32N4O/c1-2-21-20(22-9-4-10-24-11-13-25-14-12-24)23-16-17-7-8-18-5-3-6-19(18)15-17/h7-8,15H,2-6,9-14,16H2,1H3,(H2,21,22,23). The average molecular weight is 345 g/mol. The summed E-state index contributed by atoms with van der Waals surface area (Å²) in [4.78, 5) is 7.23. The molecule has 0 saturated carbocycles. The normalized spacial score (nSPS) is 18.2. The Hall–Kier alpha value is -1.59. The molecule has 5 nitrogen and oxygen atoms in total. The van der Waals surface area contributed by atoms with Crippen molar-refractivity contribution >= 4 is 5.96 Å². The smallest absolute Gasteiger partial charge is 0.191 e. The fourth-order valence-corrected chi connectivity index (χ4v) is 3.57. The number of hydrogen-bond donors (Lipinski definition) is 2. The molecule has 1 saturated heterocycles. The number of fused-ring (bicyclic) bond motifs is 1. The lowest BCUT2D eigenvalue weighted by Crippen LogP contribution is -2.40. The summed E-state index contributed by atoms with van der Waals surface area (Å²) >= 11 is 0. The first-order valence-electron chi connectivity index (χ1n) is 9.78. The highest BCUT2D eigenvalue weighted by Crippen LogP contribution is 2.23. The van der Waals surface area contributed by atoms with Crippen LogP contribution in [0.25, 0.3) is 0 Å². The minimum absolute atomic E-state index is 0.742. The summed E-state index contributed by atoms with van der Waals surface area (Å²) < 4.78 is 5.39. The van der Waals surface area contributed by atoms with Crippen molar-refractivity contribution in [2.24, 2.45) is 4.99 Å². The number of aryl methyl sites for hydroxylation is 2. The molecule has 2 aliphatic rings. The zero-order valence-electron chi connectivity index (χ0n) is 15.5. The number of morpholine rings is 1. The minimum Gasteiger partial charge on any atom is -0.379 e. The van der Waals surface area contributed by atoms with Crippen LogP contribution in [0, 0.1) is 0 Å². The van der Waals surface area contributed by atoms with Crippen molar-refractivity contribution in [3.8, 4) is 0 Å². The Morgan fingerprint density at radius 2 is 2.00 bits per heavy atom. The number of aliphatic imine (C=N–C) groups is 1. The van der Waals surface area contributed by atoms with E-state index in [-0.39, 0.29) is 0 Å². The molecule has 1 fully saturated rings. The Morgan fingerprint density at radius 1 is 1.16 bits per heavy atom. The zero-order chi connectivity index (χ0) is 17.3. The van der Waals surface area contributed by atoms with Gasteiger partial charge in [0.2, 0.25) is 0 Å². The van der Waals surface area contributed by atoms with Gasteiger partial charge in [-0.3, -0.25) is 4.90 Å². The molecule has 0 radical (unpaired) electrons. The van der Waals surface area contributed by atoms with Crippen LogP contribution in [0.3, 0.4) is 0 Å². The van der Waals surface area contributed by atoms with Crippen LogP contribution in [0.5, 0.6) is 0 Å². The summed E-state index contributed by atoms with van der Waals surface area (Å²) in [6, 6.07) is 6.86. The molecule has 2 N–H and O–H groups in total. The van der Waals surface area contributed by atoms with Gasteiger partial charge in [-0.2, -0.15) is 0 Å². The van der Waals surface area contributed by atoms with Gasteiger partial charge in [0, 0.05) is 26.2 Å². The Kier molecular flexibility index (Phi) is 7.12. The number of hydrogen-bond acceptors (Lipinski definition) is 3. The number of rotatable bonds is 7. The second kappa shape index (κ2) is 9.78. The first kappa shape index (κ1) is 18.2. The molecule has 0 amide bonds. The molecule has 0 bridgehead atoms. The summed E-state index contributed by atoms with van der Waals surface area (Å²) in [5.74, 6) is 0.921. The van der Waals surface area contributed by atoms with E-state index >= 15 is 0 Å². The third-order valence-electron chi connectivity index (χ3n) is 4.97. The van der Waals surface area contributed by atoms with E-state index in [1.807, 2.05) is 0 Å². The SMILES string of the molecule is CCNC(=NCc1ccc2c(c1)CCC2)NCCCN1CCOCC1. The molecule has 1 aromatic rings. The molecule has 25 heavy (non-hydrogen) atoms. The summed E-state index contributed by atoms with van der Waals surface area (Å²) in [5.41, 5.74) is 4.36. The van der Waals surface area contributed by atoms with Crippen molar-refractivity contribution in [3.63, 3.8) is 0 Å². The largest absolute Gasteiger partial charge is 0.379 e. The van der Waals surface area contributed by atoms with Crippen molar-refractivity contribution in [1.29, 1.82) is 0 Å². The van der Waals surface area contributed by atoms with Crippen molar-refractivity contribution in [3.05, 3.63) is 34.9 Å². The summed E-state index contributed by atoms with van der Waals surface area (Å²) in [6.07, 6.45) is 4.90. The lowest BCUT2D eigenvalue weighted by molar-refractivity contribution is 0.0376. The second-order valence-corrected chi connectivity index (χ2v) is 6.89. The average Bonchev–Trinajstić information content (AvgIpc) is 3.12. The van der Waals surface area contributed by atoms with Crippen LogP contribution in [0.2, 0.25) is 0 Å². The van der Waals surface area contributed by atoms with E-state index in [1.165, 1.54) is 36.0 Å². The lowest BCUT2D eigenvalue weighted by Gasteiger charge is -2.26. The van der Waals surface area contributed by atoms with Crippen molar-refractivity contribution in [2.75, 3.05) is 45.9 Å². The monoisotopic (exact) mass is 344 g/mol. The number of guanidine groups is 1. The third-order valence-corrected chi connectivity index (χ3v) is 4.97. The van der Waals surface area contributed by atoms with Gasteiger partial charge >= 0.3 is 0 Å². The van der Waals surface area contributed by atoms with Crippen LogP contribution in [0.15, 0.2) is 23.2 Å². The lowest BCUT2D eigenvalue weighted by atomic mass is 10.1. The molecular weight excluding hydrogens is 312 g/mol. The fourth-order valence-electron chi connectivity index (χ4n) is 3.57. The van der Waals surface area contributed by atoms with Gasteiger partial charge in [0.15, 0.2) is 5.96 Å². The number of nitrogens with one attached hydrogen (secondary N) is 2. The van der Waals surface area contributed by atoms with Crippen LogP contribution in [-0.2, 0) is 24.1 Å². The van der Waals surface area contributed by atoms with E-state index in [1.54, 1.807) is 0 Å². The minimum atomic E-state index is 0.742. The maximum Gasteiger partial charge on any atom is 0.191 e. The van der Waals surface area contributed by atoms with Gasteiger partial charge in [0.25, 0.3) is 0 Å². The van der Waals surface area contributed by atoms with Gasteiger partial charge in [0.05, 0.1) is 19.8 Å². The van der Waals surface area contributed by atoms with Gasteiger partial charge < -0.3 is 15.4 Å². The van der Waals surface area contributed by atoms with E-state index in [2.05, 4.69) is 40.7 Å². The van der Waals surface area contributed by atoms with E-state index < -0.39 is 0 Å². The zero-order valence-corrected chi connectivity index (χ0v) is 15.5. The molecule has 1 aromatic carbocycles. The molecule has 3 rings (SSSR count). The number of benzene rings is 1. The number of ether oxygens (including phenoxy) is 1. The predicted octanol–water partition coefficient (Wildman–Crippen LogP) is 1.95. The fraction of sp³-hybridized carbons (Fsp3) is 0.650. The molecule has 0 spiro atoms. The van der Waals surface area contributed by atoms with Crippen LogP contribution >= 0.6 is 0 Å². The molecule has 138 valence electrons. The Balaban J connectivity index is 1.44. The van der Waals surface area contributed by atoms with Gasteiger partial charge in [-0.15, -0.1) is 0 Å². The Morgan fingerprint density at radius 3 is 2.84 bits per heavy atom. The molecular formula is C20H32N4O. The van der Waals surface area contributed by atoms with E-state index in [0.717, 1.165) is 64.9 Å². The predicted molar refractivity (Wildman–Crippen MR) is 103 cm³/mol. The molecule has 0 aromatic heterocycles. The molecule has 1 heterocycles. The van der Waals surface area contributed by atoms with Crippen LogP contribution < -0.4 is 10.6 Å².